The topological polar surface area (TPSA) is 24.1 Å². The lowest BCUT2D eigenvalue weighted by Crippen LogP contribution is -2.73. The maximum atomic E-state index is 4.01. The van der Waals surface area contributed by atoms with E-state index in [4.69, 9.17) is 0 Å². The van der Waals surface area contributed by atoms with Crippen molar-refractivity contribution in [2.45, 2.75) is 68.9 Å². The van der Waals surface area contributed by atoms with E-state index < -0.39 is 0 Å². The average molecular weight is 208 g/mol. The normalized spacial score (nSPS) is 46.4. The molecular weight excluding hydrogens is 184 g/mol. The van der Waals surface area contributed by atoms with E-state index in [9.17, 15) is 0 Å². The number of hydrogen-bond donors (Lipinski definition) is 2. The van der Waals surface area contributed by atoms with E-state index in [2.05, 4.69) is 10.6 Å². The Labute approximate surface area is 93.2 Å². The molecule has 86 valence electrons. The van der Waals surface area contributed by atoms with Gasteiger partial charge in [-0.15, -0.1) is 0 Å². The van der Waals surface area contributed by atoms with Crippen molar-refractivity contribution in [2.24, 2.45) is 0 Å². The summed E-state index contributed by atoms with van der Waals surface area (Å²) in [5.41, 5.74) is 1.08. The highest BCUT2D eigenvalue weighted by atomic mass is 15.2. The van der Waals surface area contributed by atoms with Gasteiger partial charge in [-0.25, -0.2) is 0 Å². The number of rotatable bonds is 0. The van der Waals surface area contributed by atoms with Crippen LogP contribution in [0.4, 0.5) is 0 Å². The van der Waals surface area contributed by atoms with Crippen molar-refractivity contribution in [1.29, 1.82) is 0 Å². The fourth-order valence-corrected chi connectivity index (χ4v) is 4.11. The summed E-state index contributed by atoms with van der Waals surface area (Å²) in [6.07, 6.45) is 12.9. The third kappa shape index (κ3) is 1.83. The lowest BCUT2D eigenvalue weighted by Gasteiger charge is -2.60. The average Bonchev–Trinajstić information content (AvgIpc) is 2.26. The van der Waals surface area contributed by atoms with Crippen LogP contribution in [0.15, 0.2) is 0 Å². The van der Waals surface area contributed by atoms with Crippen molar-refractivity contribution in [2.75, 3.05) is 13.1 Å². The summed E-state index contributed by atoms with van der Waals surface area (Å²) in [7, 11) is 0. The molecule has 5 fully saturated rings. The molecule has 0 amide bonds. The van der Waals surface area contributed by atoms with Crippen molar-refractivity contribution in [3.8, 4) is 0 Å². The Hall–Kier alpha value is -0.0800. The summed E-state index contributed by atoms with van der Waals surface area (Å²) >= 11 is 0. The molecule has 1 saturated carbocycles. The van der Waals surface area contributed by atoms with Crippen molar-refractivity contribution in [3.63, 3.8) is 0 Å². The second-order valence-corrected chi connectivity index (χ2v) is 6.03. The zero-order chi connectivity index (χ0) is 10.2. The molecule has 5 rings (SSSR count). The van der Waals surface area contributed by atoms with Crippen LogP contribution >= 0.6 is 0 Å². The molecule has 0 aromatic carbocycles. The zero-order valence-corrected chi connectivity index (χ0v) is 9.78. The minimum Gasteiger partial charge on any atom is -0.317 e. The SMILES string of the molecule is C1CCCC23CCNCCC(CC1)(C2)N3. The predicted octanol–water partition coefficient (Wildman–Crippen LogP) is 2.19. The minimum atomic E-state index is 0.539. The molecule has 1 aliphatic carbocycles. The van der Waals surface area contributed by atoms with E-state index in [0.717, 1.165) is 0 Å². The molecule has 2 atom stereocenters. The molecule has 0 aromatic rings. The van der Waals surface area contributed by atoms with Crippen LogP contribution in [0.3, 0.4) is 0 Å². The number of fused-ring (bicyclic) bond motifs is 9. The standard InChI is InChI=1S/C13H24N2/c1-2-4-6-13-8-10-14-9-7-12(11-13,15-13)5-3-1/h14-15H,1-11H2. The molecule has 0 spiro atoms. The van der Waals surface area contributed by atoms with Gasteiger partial charge < -0.3 is 10.6 Å². The molecule has 5 aliphatic rings. The highest BCUT2D eigenvalue weighted by molar-refractivity contribution is 5.14. The Morgan fingerprint density at radius 1 is 0.667 bits per heavy atom. The molecule has 2 heteroatoms. The van der Waals surface area contributed by atoms with Gasteiger partial charge in [0.1, 0.15) is 0 Å². The van der Waals surface area contributed by atoms with Crippen molar-refractivity contribution in [3.05, 3.63) is 0 Å². The van der Waals surface area contributed by atoms with Crippen LogP contribution in [0.1, 0.15) is 57.8 Å². The molecule has 4 aliphatic heterocycles. The molecule has 2 nitrogen and oxygen atoms in total. The first-order valence-electron chi connectivity index (χ1n) is 6.83. The quantitative estimate of drug-likeness (QED) is 0.637. The smallest absolute Gasteiger partial charge is 0.0216 e. The van der Waals surface area contributed by atoms with E-state index in [1.54, 1.807) is 0 Å². The Bertz CT molecular complexity index is 209. The zero-order valence-electron chi connectivity index (χ0n) is 9.78. The minimum absolute atomic E-state index is 0.539. The first-order valence-corrected chi connectivity index (χ1v) is 6.83. The van der Waals surface area contributed by atoms with E-state index >= 15 is 0 Å². The van der Waals surface area contributed by atoms with Crippen molar-refractivity contribution in [1.82, 2.24) is 10.6 Å². The molecular formula is C13H24N2. The summed E-state index contributed by atoms with van der Waals surface area (Å²) in [6.45, 7) is 2.45. The first kappa shape index (κ1) is 10.1. The highest BCUT2D eigenvalue weighted by Gasteiger charge is 2.52. The fourth-order valence-electron chi connectivity index (χ4n) is 4.11. The van der Waals surface area contributed by atoms with E-state index in [-0.39, 0.29) is 0 Å². The van der Waals surface area contributed by atoms with Crippen LogP contribution in [-0.2, 0) is 0 Å². The predicted molar refractivity (Wildman–Crippen MR) is 63.0 cm³/mol. The summed E-state index contributed by atoms with van der Waals surface area (Å²) in [4.78, 5) is 0. The second-order valence-electron chi connectivity index (χ2n) is 6.03. The van der Waals surface area contributed by atoms with Crippen molar-refractivity contribution >= 4 is 0 Å². The Morgan fingerprint density at radius 3 is 1.73 bits per heavy atom. The van der Waals surface area contributed by atoms with Crippen LogP contribution < -0.4 is 10.6 Å². The Balaban J connectivity index is 1.77. The van der Waals surface area contributed by atoms with Gasteiger partial charge in [0.05, 0.1) is 0 Å². The van der Waals surface area contributed by atoms with Gasteiger partial charge in [-0.3, -0.25) is 0 Å². The van der Waals surface area contributed by atoms with Gasteiger partial charge in [-0.2, -0.15) is 0 Å². The maximum absolute atomic E-state index is 4.01. The van der Waals surface area contributed by atoms with E-state index in [1.165, 1.54) is 70.9 Å². The van der Waals surface area contributed by atoms with Gasteiger partial charge in [-0.1, -0.05) is 25.7 Å². The monoisotopic (exact) mass is 208 g/mol. The number of hydrogen-bond acceptors (Lipinski definition) is 2. The van der Waals surface area contributed by atoms with E-state index in [0.29, 0.717) is 11.1 Å². The van der Waals surface area contributed by atoms with Gasteiger partial charge in [0.15, 0.2) is 0 Å². The molecule has 4 saturated heterocycles. The van der Waals surface area contributed by atoms with Gasteiger partial charge >= 0.3 is 0 Å². The van der Waals surface area contributed by atoms with Crippen LogP contribution in [0.5, 0.6) is 0 Å². The Kier molecular flexibility index (Phi) is 2.52. The highest BCUT2D eigenvalue weighted by Crippen LogP contribution is 2.46. The van der Waals surface area contributed by atoms with Gasteiger partial charge in [0.25, 0.3) is 0 Å². The summed E-state index contributed by atoms with van der Waals surface area (Å²) < 4.78 is 0. The van der Waals surface area contributed by atoms with Crippen molar-refractivity contribution < 1.29 is 0 Å². The Morgan fingerprint density at radius 2 is 1.20 bits per heavy atom. The van der Waals surface area contributed by atoms with Gasteiger partial charge in [-0.05, 0) is 45.2 Å². The molecule has 0 aromatic heterocycles. The van der Waals surface area contributed by atoms with Gasteiger partial charge in [0, 0.05) is 11.1 Å². The van der Waals surface area contributed by atoms with Crippen LogP contribution in [0, 0.1) is 0 Å². The summed E-state index contributed by atoms with van der Waals surface area (Å²) in [5, 5.41) is 7.61. The first-order chi connectivity index (χ1) is 7.33. The molecule has 4 heterocycles. The van der Waals surface area contributed by atoms with Crippen LogP contribution in [-0.4, -0.2) is 24.2 Å². The maximum Gasteiger partial charge on any atom is 0.0216 e. The largest absolute Gasteiger partial charge is 0.317 e. The fraction of sp³-hybridized carbons (Fsp3) is 1.00. The molecule has 2 bridgehead atoms. The summed E-state index contributed by atoms with van der Waals surface area (Å²) in [5.74, 6) is 0. The lowest BCUT2D eigenvalue weighted by molar-refractivity contribution is 0.00733. The third-order valence-corrected chi connectivity index (χ3v) is 4.83. The van der Waals surface area contributed by atoms with Crippen LogP contribution in [0.2, 0.25) is 0 Å². The molecule has 2 N–H and O–H groups in total. The third-order valence-electron chi connectivity index (χ3n) is 4.83. The second kappa shape index (κ2) is 3.74. The molecule has 2 unspecified atom stereocenters. The van der Waals surface area contributed by atoms with E-state index in [1.807, 2.05) is 0 Å². The van der Waals surface area contributed by atoms with Crippen LogP contribution in [0.25, 0.3) is 0 Å². The lowest BCUT2D eigenvalue weighted by atomic mass is 9.64. The number of nitrogens with one attached hydrogen (secondary N) is 2. The van der Waals surface area contributed by atoms with Gasteiger partial charge in [0.2, 0.25) is 0 Å². The molecule has 0 radical (unpaired) electrons. The summed E-state index contributed by atoms with van der Waals surface area (Å²) in [6, 6.07) is 0. The molecule has 15 heavy (non-hydrogen) atoms.